The van der Waals surface area contributed by atoms with Crippen LogP contribution in [0.3, 0.4) is 0 Å². The summed E-state index contributed by atoms with van der Waals surface area (Å²) in [6.07, 6.45) is 4.62. The summed E-state index contributed by atoms with van der Waals surface area (Å²) in [7, 11) is 0. The SMILES string of the molecule is CC(C)(C)c1[nH]cnc1/C=c1\[nH]c(=O)/c(=C/c2cccc(Oc3ccc([N+](=O)[O-])cc3)c2)[nH]c1=O. The van der Waals surface area contributed by atoms with Gasteiger partial charge in [-0.25, -0.2) is 4.98 Å². The molecule has 0 bridgehead atoms. The molecule has 0 fully saturated rings. The smallest absolute Gasteiger partial charge is 0.272 e. The van der Waals surface area contributed by atoms with Gasteiger partial charge in [-0.3, -0.25) is 19.7 Å². The summed E-state index contributed by atoms with van der Waals surface area (Å²) >= 11 is 0. The number of nitrogens with zero attached hydrogens (tertiary/aromatic N) is 2. The topological polar surface area (TPSA) is 147 Å². The first-order chi connectivity index (χ1) is 16.6. The van der Waals surface area contributed by atoms with Gasteiger partial charge in [0.1, 0.15) is 22.2 Å². The Kier molecular flexibility index (Phi) is 6.20. The maximum Gasteiger partial charge on any atom is 0.272 e. The first-order valence-electron chi connectivity index (χ1n) is 10.7. The van der Waals surface area contributed by atoms with Gasteiger partial charge in [-0.15, -0.1) is 0 Å². The van der Waals surface area contributed by atoms with Gasteiger partial charge in [0.05, 0.1) is 16.9 Å². The molecule has 2 aromatic carbocycles. The van der Waals surface area contributed by atoms with Gasteiger partial charge in [0.25, 0.3) is 16.8 Å². The summed E-state index contributed by atoms with van der Waals surface area (Å²) in [6.45, 7) is 6.05. The van der Waals surface area contributed by atoms with Crippen LogP contribution in [-0.4, -0.2) is 24.9 Å². The zero-order valence-electron chi connectivity index (χ0n) is 19.3. The van der Waals surface area contributed by atoms with E-state index in [1.54, 1.807) is 36.7 Å². The van der Waals surface area contributed by atoms with Crippen molar-refractivity contribution in [1.29, 1.82) is 0 Å². The average molecular weight is 473 g/mol. The molecule has 0 amide bonds. The third-order valence-corrected chi connectivity index (χ3v) is 5.14. The molecule has 3 N–H and O–H groups in total. The number of imidazole rings is 1. The number of hydrogen-bond acceptors (Lipinski definition) is 6. The van der Waals surface area contributed by atoms with Crippen LogP contribution in [0.25, 0.3) is 12.2 Å². The number of ether oxygens (including phenoxy) is 1. The lowest BCUT2D eigenvalue weighted by Gasteiger charge is -2.16. The van der Waals surface area contributed by atoms with Gasteiger partial charge in [0, 0.05) is 23.2 Å². The fraction of sp³-hybridized carbons (Fsp3) is 0.160. The van der Waals surface area contributed by atoms with Crippen LogP contribution in [0.4, 0.5) is 5.69 Å². The highest BCUT2D eigenvalue weighted by atomic mass is 16.6. The molecule has 0 radical (unpaired) electrons. The molecule has 2 heterocycles. The summed E-state index contributed by atoms with van der Waals surface area (Å²) < 4.78 is 5.75. The van der Waals surface area contributed by atoms with Crippen molar-refractivity contribution < 1.29 is 9.66 Å². The number of aromatic nitrogens is 4. The number of H-pyrrole nitrogens is 3. The van der Waals surface area contributed by atoms with E-state index < -0.39 is 16.0 Å². The normalized spacial score (nSPS) is 12.7. The first-order valence-corrected chi connectivity index (χ1v) is 10.7. The maximum atomic E-state index is 12.7. The lowest BCUT2D eigenvalue weighted by atomic mass is 9.90. The highest BCUT2D eigenvalue weighted by Gasteiger charge is 2.19. The fourth-order valence-electron chi connectivity index (χ4n) is 3.45. The van der Waals surface area contributed by atoms with Crippen LogP contribution >= 0.6 is 0 Å². The van der Waals surface area contributed by atoms with Crippen molar-refractivity contribution in [3.63, 3.8) is 0 Å². The van der Waals surface area contributed by atoms with E-state index in [1.165, 1.54) is 30.3 Å². The Balaban J connectivity index is 1.65. The van der Waals surface area contributed by atoms with Gasteiger partial charge >= 0.3 is 0 Å². The van der Waals surface area contributed by atoms with Gasteiger partial charge in [-0.2, -0.15) is 0 Å². The van der Waals surface area contributed by atoms with Crippen LogP contribution in [0.5, 0.6) is 11.5 Å². The predicted octanol–water partition coefficient (Wildman–Crippen LogP) is 2.44. The van der Waals surface area contributed by atoms with Crippen molar-refractivity contribution in [3.05, 3.63) is 113 Å². The van der Waals surface area contributed by atoms with Crippen molar-refractivity contribution in [2.24, 2.45) is 0 Å². The molecule has 0 spiro atoms. The summed E-state index contributed by atoms with van der Waals surface area (Å²) in [5, 5.41) is 11.0. The van der Waals surface area contributed by atoms with Gasteiger partial charge in [0.15, 0.2) is 0 Å². The van der Waals surface area contributed by atoms with E-state index in [0.29, 0.717) is 22.8 Å². The maximum absolute atomic E-state index is 12.7. The van der Waals surface area contributed by atoms with Crippen molar-refractivity contribution in [2.75, 3.05) is 0 Å². The molecule has 2 aromatic heterocycles. The Labute approximate surface area is 198 Å². The highest BCUT2D eigenvalue weighted by Crippen LogP contribution is 2.25. The van der Waals surface area contributed by atoms with E-state index in [-0.39, 0.29) is 21.8 Å². The lowest BCUT2D eigenvalue weighted by molar-refractivity contribution is -0.384. The standard InChI is InChI=1S/C25H23N5O5/c1-25(2,3)22-19(26-14-27-22)13-21-24(32)28-20(23(31)29-21)12-15-5-4-6-18(11-15)35-17-9-7-16(8-10-17)30(33)34/h4-14H,1-3H3,(H,26,27)(H,28,32)(H,29,31)/b20-12-,21-13-. The number of nitro groups is 1. The van der Waals surface area contributed by atoms with E-state index in [0.717, 1.165) is 5.69 Å². The Morgan fingerprint density at radius 1 is 0.943 bits per heavy atom. The van der Waals surface area contributed by atoms with Gasteiger partial charge in [-0.05, 0) is 42.0 Å². The molecule has 0 saturated heterocycles. The molecule has 35 heavy (non-hydrogen) atoms. The second-order valence-electron chi connectivity index (χ2n) is 8.86. The minimum atomic E-state index is -0.487. The molecular weight excluding hydrogens is 450 g/mol. The molecule has 4 rings (SSSR count). The van der Waals surface area contributed by atoms with E-state index in [4.69, 9.17) is 4.74 Å². The second kappa shape index (κ2) is 9.26. The van der Waals surface area contributed by atoms with Gasteiger partial charge < -0.3 is 19.7 Å². The fourth-order valence-corrected chi connectivity index (χ4v) is 3.45. The summed E-state index contributed by atoms with van der Waals surface area (Å²) in [5.74, 6) is 0.886. The van der Waals surface area contributed by atoms with Crippen LogP contribution < -0.4 is 26.6 Å². The van der Waals surface area contributed by atoms with Gasteiger partial charge in [-0.1, -0.05) is 32.9 Å². The van der Waals surface area contributed by atoms with Crippen molar-refractivity contribution in [1.82, 2.24) is 19.9 Å². The van der Waals surface area contributed by atoms with Crippen LogP contribution in [-0.2, 0) is 5.41 Å². The van der Waals surface area contributed by atoms with Crippen LogP contribution in [0.15, 0.2) is 64.4 Å². The zero-order valence-corrected chi connectivity index (χ0v) is 19.3. The van der Waals surface area contributed by atoms with Crippen molar-refractivity contribution in [3.8, 4) is 11.5 Å². The molecule has 0 atom stereocenters. The first kappa shape index (κ1) is 23.4. The molecule has 0 aliphatic heterocycles. The number of non-ortho nitro benzene ring substituents is 1. The molecule has 0 aliphatic carbocycles. The number of nitro benzene ring substituents is 1. The van der Waals surface area contributed by atoms with Gasteiger partial charge in [0.2, 0.25) is 0 Å². The van der Waals surface area contributed by atoms with Crippen LogP contribution in [0, 0.1) is 10.1 Å². The molecule has 0 saturated carbocycles. The number of aromatic amines is 3. The Morgan fingerprint density at radius 3 is 2.23 bits per heavy atom. The van der Waals surface area contributed by atoms with Crippen LogP contribution in [0.1, 0.15) is 37.7 Å². The number of rotatable bonds is 5. The Bertz CT molecular complexity index is 1620. The minimum Gasteiger partial charge on any atom is -0.457 e. The molecule has 4 aromatic rings. The molecular formula is C25H23N5O5. The summed E-state index contributed by atoms with van der Waals surface area (Å²) in [5.41, 5.74) is 0.854. The number of nitrogens with one attached hydrogen (secondary N) is 3. The third kappa shape index (κ3) is 5.44. The predicted molar refractivity (Wildman–Crippen MR) is 131 cm³/mol. The zero-order chi connectivity index (χ0) is 25.2. The largest absolute Gasteiger partial charge is 0.457 e. The van der Waals surface area contributed by atoms with E-state index in [2.05, 4.69) is 19.9 Å². The van der Waals surface area contributed by atoms with E-state index in [1.807, 2.05) is 20.8 Å². The van der Waals surface area contributed by atoms with E-state index in [9.17, 15) is 19.7 Å². The molecule has 10 heteroatoms. The second-order valence-corrected chi connectivity index (χ2v) is 8.86. The lowest BCUT2D eigenvalue weighted by Crippen LogP contribution is -2.46. The van der Waals surface area contributed by atoms with Crippen LogP contribution in [0.2, 0.25) is 0 Å². The van der Waals surface area contributed by atoms with Crippen molar-refractivity contribution in [2.45, 2.75) is 26.2 Å². The average Bonchev–Trinajstić information content (AvgIpc) is 3.27. The summed E-state index contributed by atoms with van der Waals surface area (Å²) in [6, 6.07) is 12.6. The monoisotopic (exact) mass is 473 g/mol. The minimum absolute atomic E-state index is 0.0368. The molecule has 10 nitrogen and oxygen atoms in total. The number of hydrogen-bond donors (Lipinski definition) is 3. The molecule has 178 valence electrons. The number of benzene rings is 2. The molecule has 0 unspecified atom stereocenters. The quantitative estimate of drug-likeness (QED) is 0.300. The van der Waals surface area contributed by atoms with Crippen molar-refractivity contribution >= 4 is 17.8 Å². The Morgan fingerprint density at radius 2 is 1.60 bits per heavy atom. The third-order valence-electron chi connectivity index (χ3n) is 5.14. The highest BCUT2D eigenvalue weighted by molar-refractivity contribution is 5.52. The van der Waals surface area contributed by atoms with E-state index >= 15 is 0 Å². The Hall–Kier alpha value is -4.73. The summed E-state index contributed by atoms with van der Waals surface area (Å²) in [4.78, 5) is 48.2. The molecule has 0 aliphatic rings.